The minimum Gasteiger partial charge on any atom is -0.354 e. The Labute approximate surface area is 150 Å². The summed E-state index contributed by atoms with van der Waals surface area (Å²) in [6.07, 6.45) is 3.00. The second-order valence-corrected chi connectivity index (χ2v) is 8.36. The molecule has 6 nitrogen and oxygen atoms in total. The van der Waals surface area contributed by atoms with Gasteiger partial charge in [-0.15, -0.1) is 11.8 Å². The van der Waals surface area contributed by atoms with Gasteiger partial charge in [0.15, 0.2) is 0 Å². The number of para-hydroxylation sites is 2. The third-order valence-corrected chi connectivity index (χ3v) is 6.58. The summed E-state index contributed by atoms with van der Waals surface area (Å²) in [7, 11) is 0. The Kier molecular flexibility index (Phi) is 4.19. The van der Waals surface area contributed by atoms with E-state index in [1.165, 1.54) is 0 Å². The van der Waals surface area contributed by atoms with E-state index in [-0.39, 0.29) is 22.7 Å². The molecule has 0 saturated carbocycles. The summed E-state index contributed by atoms with van der Waals surface area (Å²) in [6, 6.07) is 7.63. The third kappa shape index (κ3) is 3.01. The molecular weight excluding hydrogens is 336 g/mol. The first-order valence-electron chi connectivity index (χ1n) is 8.74. The summed E-state index contributed by atoms with van der Waals surface area (Å²) < 4.78 is 0. The average Bonchev–Trinajstić information content (AvgIpc) is 3.24. The Morgan fingerprint density at radius 1 is 1.48 bits per heavy atom. The lowest BCUT2D eigenvalue weighted by molar-refractivity contribution is -0.137. The number of imidazole rings is 1. The maximum atomic E-state index is 12.5. The molecule has 25 heavy (non-hydrogen) atoms. The molecule has 0 spiro atoms. The molecule has 2 aliphatic rings. The fraction of sp³-hybridized carbons (Fsp3) is 0.500. The van der Waals surface area contributed by atoms with Crippen molar-refractivity contribution in [1.29, 1.82) is 0 Å². The van der Waals surface area contributed by atoms with Crippen LogP contribution in [0.2, 0.25) is 0 Å². The molecule has 2 saturated heterocycles. The molecule has 2 aromatic rings. The molecule has 132 valence electrons. The lowest BCUT2D eigenvalue weighted by atomic mass is 10.2. The fourth-order valence-electron chi connectivity index (χ4n) is 3.72. The lowest BCUT2D eigenvalue weighted by Gasteiger charge is -2.29. The van der Waals surface area contributed by atoms with Crippen molar-refractivity contribution >= 4 is 34.6 Å². The van der Waals surface area contributed by atoms with Crippen LogP contribution in [0.25, 0.3) is 11.0 Å². The van der Waals surface area contributed by atoms with Gasteiger partial charge in [-0.05, 0) is 31.9 Å². The van der Waals surface area contributed by atoms with Crippen LogP contribution in [0.15, 0.2) is 24.3 Å². The molecule has 0 radical (unpaired) electrons. The van der Waals surface area contributed by atoms with Crippen molar-refractivity contribution in [3.8, 4) is 0 Å². The number of aryl methyl sites for hydroxylation is 1. The molecule has 2 aliphatic heterocycles. The van der Waals surface area contributed by atoms with Crippen LogP contribution < -0.4 is 5.32 Å². The monoisotopic (exact) mass is 358 g/mol. The SMILES string of the molecule is CC12CCC(=O)N1C(C(=O)NCCCc1nc3ccccc3[nH]1)CS2. The van der Waals surface area contributed by atoms with Gasteiger partial charge in [-0.3, -0.25) is 9.59 Å². The lowest BCUT2D eigenvalue weighted by Crippen LogP contribution is -2.50. The Morgan fingerprint density at radius 2 is 2.32 bits per heavy atom. The van der Waals surface area contributed by atoms with Gasteiger partial charge in [0.2, 0.25) is 11.8 Å². The molecule has 1 aromatic heterocycles. The number of aromatic amines is 1. The van der Waals surface area contributed by atoms with Crippen LogP contribution in [-0.2, 0) is 16.0 Å². The van der Waals surface area contributed by atoms with Crippen molar-refractivity contribution in [2.75, 3.05) is 12.3 Å². The zero-order valence-corrected chi connectivity index (χ0v) is 15.1. The van der Waals surface area contributed by atoms with Gasteiger partial charge in [-0.2, -0.15) is 0 Å². The number of benzene rings is 1. The van der Waals surface area contributed by atoms with Crippen LogP contribution in [-0.4, -0.2) is 49.9 Å². The summed E-state index contributed by atoms with van der Waals surface area (Å²) >= 11 is 1.72. The molecule has 7 heteroatoms. The predicted octanol–water partition coefficient (Wildman–Crippen LogP) is 2.07. The molecule has 2 fully saturated rings. The van der Waals surface area contributed by atoms with Crippen LogP contribution >= 0.6 is 11.8 Å². The summed E-state index contributed by atoms with van der Waals surface area (Å²) in [4.78, 5) is 34.0. The van der Waals surface area contributed by atoms with Crippen LogP contribution in [0, 0.1) is 0 Å². The first-order chi connectivity index (χ1) is 12.1. The van der Waals surface area contributed by atoms with Crippen LogP contribution in [0.1, 0.15) is 32.0 Å². The van der Waals surface area contributed by atoms with E-state index in [0.717, 1.165) is 36.1 Å². The average molecular weight is 358 g/mol. The molecular formula is C18H22N4O2S. The van der Waals surface area contributed by atoms with Gasteiger partial charge in [0.05, 0.1) is 15.9 Å². The molecule has 0 aliphatic carbocycles. The van der Waals surface area contributed by atoms with E-state index in [2.05, 4.69) is 22.2 Å². The number of carbonyl (C=O) groups is 2. The highest BCUT2D eigenvalue weighted by Crippen LogP contribution is 2.47. The normalized spacial score (nSPS) is 25.6. The largest absolute Gasteiger partial charge is 0.354 e. The van der Waals surface area contributed by atoms with Crippen LogP contribution in [0.3, 0.4) is 0 Å². The van der Waals surface area contributed by atoms with E-state index in [4.69, 9.17) is 0 Å². The zero-order chi connectivity index (χ0) is 17.4. The van der Waals surface area contributed by atoms with E-state index >= 15 is 0 Å². The van der Waals surface area contributed by atoms with E-state index in [1.54, 1.807) is 16.7 Å². The highest BCUT2D eigenvalue weighted by Gasteiger charge is 2.52. The number of rotatable bonds is 5. The number of nitrogens with zero attached hydrogens (tertiary/aromatic N) is 2. The van der Waals surface area contributed by atoms with Crippen LogP contribution in [0.5, 0.6) is 0 Å². The number of thioether (sulfide) groups is 1. The number of H-pyrrole nitrogens is 1. The quantitative estimate of drug-likeness (QED) is 0.802. The Balaban J connectivity index is 1.28. The molecule has 4 rings (SSSR count). The van der Waals surface area contributed by atoms with Crippen molar-refractivity contribution in [3.63, 3.8) is 0 Å². The Hall–Kier alpha value is -2.02. The minimum atomic E-state index is -0.323. The fourth-order valence-corrected chi connectivity index (χ4v) is 5.16. The highest BCUT2D eigenvalue weighted by molar-refractivity contribution is 8.01. The number of aromatic nitrogens is 2. The van der Waals surface area contributed by atoms with Gasteiger partial charge < -0.3 is 15.2 Å². The number of fused-ring (bicyclic) bond motifs is 2. The predicted molar refractivity (Wildman–Crippen MR) is 98.2 cm³/mol. The Morgan fingerprint density at radius 3 is 3.16 bits per heavy atom. The van der Waals surface area contributed by atoms with Crippen molar-refractivity contribution in [2.45, 2.75) is 43.5 Å². The van der Waals surface area contributed by atoms with Gasteiger partial charge in [-0.25, -0.2) is 4.98 Å². The molecule has 3 heterocycles. The number of amides is 2. The van der Waals surface area contributed by atoms with E-state index in [9.17, 15) is 9.59 Å². The molecule has 2 atom stereocenters. The molecule has 0 bridgehead atoms. The second-order valence-electron chi connectivity index (χ2n) is 6.86. The topological polar surface area (TPSA) is 78.1 Å². The van der Waals surface area contributed by atoms with Gasteiger partial charge in [0, 0.05) is 25.1 Å². The van der Waals surface area contributed by atoms with Gasteiger partial charge in [0.25, 0.3) is 0 Å². The maximum Gasteiger partial charge on any atom is 0.243 e. The summed E-state index contributed by atoms with van der Waals surface area (Å²) in [5.41, 5.74) is 2.01. The van der Waals surface area contributed by atoms with Crippen LogP contribution in [0.4, 0.5) is 0 Å². The molecule has 1 aromatic carbocycles. The number of carbonyl (C=O) groups excluding carboxylic acids is 2. The van der Waals surface area contributed by atoms with Crippen molar-refractivity contribution in [1.82, 2.24) is 20.2 Å². The standard InChI is InChI=1S/C18H22N4O2S/c1-18-9-8-16(23)22(18)14(11-25-18)17(24)19-10-4-7-15-20-12-5-2-3-6-13(12)21-15/h2-3,5-6,14H,4,7-11H2,1H3,(H,19,24)(H,20,21). The number of hydrogen-bond donors (Lipinski definition) is 2. The Bertz CT molecular complexity index is 787. The first-order valence-corrected chi connectivity index (χ1v) is 9.73. The highest BCUT2D eigenvalue weighted by atomic mass is 32.2. The zero-order valence-electron chi connectivity index (χ0n) is 14.2. The minimum absolute atomic E-state index is 0.0314. The summed E-state index contributed by atoms with van der Waals surface area (Å²) in [5, 5.41) is 2.99. The number of hydrogen-bond acceptors (Lipinski definition) is 4. The van der Waals surface area contributed by atoms with Crippen molar-refractivity contribution < 1.29 is 9.59 Å². The summed E-state index contributed by atoms with van der Waals surface area (Å²) in [6.45, 7) is 2.66. The first kappa shape index (κ1) is 16.4. The van der Waals surface area contributed by atoms with Gasteiger partial charge in [0.1, 0.15) is 11.9 Å². The van der Waals surface area contributed by atoms with Crippen molar-refractivity contribution in [2.24, 2.45) is 0 Å². The van der Waals surface area contributed by atoms with E-state index in [1.807, 2.05) is 24.3 Å². The molecule has 2 amide bonds. The summed E-state index contributed by atoms with van der Waals surface area (Å²) in [5.74, 6) is 1.71. The molecule has 2 N–H and O–H groups in total. The van der Waals surface area contributed by atoms with Crippen molar-refractivity contribution in [3.05, 3.63) is 30.1 Å². The second kappa shape index (κ2) is 6.37. The van der Waals surface area contributed by atoms with E-state index < -0.39 is 0 Å². The van der Waals surface area contributed by atoms with E-state index in [0.29, 0.717) is 18.7 Å². The van der Waals surface area contributed by atoms with Gasteiger partial charge in [-0.1, -0.05) is 12.1 Å². The number of nitrogens with one attached hydrogen (secondary N) is 2. The molecule has 2 unspecified atom stereocenters. The smallest absolute Gasteiger partial charge is 0.243 e. The third-order valence-electron chi connectivity index (χ3n) is 5.08. The maximum absolute atomic E-state index is 12.5. The van der Waals surface area contributed by atoms with Gasteiger partial charge >= 0.3 is 0 Å².